The molecule has 0 spiro atoms. The molecule has 0 atom stereocenters. The van der Waals surface area contributed by atoms with E-state index in [-0.39, 0.29) is 30.2 Å². The number of nitrogens with one attached hydrogen (secondary N) is 1. The van der Waals surface area contributed by atoms with E-state index in [1.807, 2.05) is 0 Å². The van der Waals surface area contributed by atoms with Crippen molar-refractivity contribution in [2.45, 2.75) is 11.1 Å². The third kappa shape index (κ3) is 5.68. The molecule has 2 aromatic rings. The van der Waals surface area contributed by atoms with Gasteiger partial charge in [-0.15, -0.1) is 0 Å². The molecule has 1 fully saturated rings. The summed E-state index contributed by atoms with van der Waals surface area (Å²) in [6, 6.07) is 5.91. The third-order valence-corrected chi connectivity index (χ3v) is 6.87. The maximum atomic E-state index is 13.0. The molecule has 2 heterocycles. The van der Waals surface area contributed by atoms with Crippen molar-refractivity contribution < 1.29 is 31.1 Å². The van der Waals surface area contributed by atoms with Crippen LogP contribution in [0.1, 0.15) is 5.56 Å². The number of aromatic nitrogens is 1. The van der Waals surface area contributed by atoms with Crippen LogP contribution in [0, 0.1) is 0 Å². The average molecular weight is 493 g/mol. The molecule has 0 unspecified atom stereocenters. The number of carbonyl (C=O) groups is 1. The normalized spacial score (nSPS) is 15.4. The van der Waals surface area contributed by atoms with Crippen LogP contribution in [0.5, 0.6) is 0 Å². The Kier molecular flexibility index (Phi) is 7.28. The number of halogens is 4. The Balaban J connectivity index is 1.64. The van der Waals surface area contributed by atoms with E-state index in [1.165, 1.54) is 33.6 Å². The van der Waals surface area contributed by atoms with Crippen molar-refractivity contribution in [3.05, 3.63) is 47.1 Å². The first-order chi connectivity index (χ1) is 15.0. The van der Waals surface area contributed by atoms with Crippen LogP contribution in [-0.4, -0.2) is 63.5 Å². The van der Waals surface area contributed by atoms with Gasteiger partial charge in [-0.25, -0.2) is 13.4 Å². The summed E-state index contributed by atoms with van der Waals surface area (Å²) in [6.45, 7) is 0.920. The zero-order valence-electron chi connectivity index (χ0n) is 16.9. The largest absolute Gasteiger partial charge is 0.417 e. The number of alkyl halides is 3. The van der Waals surface area contributed by atoms with Gasteiger partial charge in [0.15, 0.2) is 0 Å². The second-order valence-corrected chi connectivity index (χ2v) is 9.31. The Morgan fingerprint density at radius 1 is 1.25 bits per heavy atom. The van der Waals surface area contributed by atoms with Crippen LogP contribution < -0.4 is 10.2 Å². The molecule has 32 heavy (non-hydrogen) atoms. The van der Waals surface area contributed by atoms with E-state index in [0.29, 0.717) is 19.0 Å². The topological polar surface area (TPSA) is 91.8 Å². The summed E-state index contributed by atoms with van der Waals surface area (Å²) >= 11 is 5.57. The number of benzene rings is 1. The van der Waals surface area contributed by atoms with Gasteiger partial charge in [0.2, 0.25) is 15.9 Å². The summed E-state index contributed by atoms with van der Waals surface area (Å²) in [5, 5.41) is 1.91. The van der Waals surface area contributed by atoms with Crippen molar-refractivity contribution in [3.8, 4) is 0 Å². The van der Waals surface area contributed by atoms with E-state index in [9.17, 15) is 26.4 Å². The van der Waals surface area contributed by atoms with Crippen molar-refractivity contribution >= 4 is 39.0 Å². The van der Waals surface area contributed by atoms with Gasteiger partial charge in [0.25, 0.3) is 0 Å². The molecule has 1 amide bonds. The predicted octanol–water partition coefficient (Wildman–Crippen LogP) is 2.85. The van der Waals surface area contributed by atoms with E-state index < -0.39 is 32.7 Å². The lowest BCUT2D eigenvalue weighted by Crippen LogP contribution is -2.40. The lowest BCUT2D eigenvalue weighted by molar-refractivity contribution is -0.137. The fourth-order valence-electron chi connectivity index (χ4n) is 3.00. The predicted molar refractivity (Wildman–Crippen MR) is 112 cm³/mol. The van der Waals surface area contributed by atoms with Gasteiger partial charge in [-0.05, 0) is 30.3 Å². The Morgan fingerprint density at radius 2 is 1.94 bits per heavy atom. The Bertz CT molecular complexity index is 1070. The summed E-state index contributed by atoms with van der Waals surface area (Å²) in [6.07, 6.45) is -3.45. The molecule has 1 aliphatic rings. The molecule has 0 bridgehead atoms. The smallest absolute Gasteiger partial charge is 0.379 e. The number of likely N-dealkylation sites (N-methyl/N-ethyl adjacent to an activating group) is 1. The SMILES string of the molecule is CN(CC(=O)Nc1ccc(Cl)c(C(F)(F)F)c1)c1ccc(S(=O)(=O)N2CCOCC2)cn1. The highest BCUT2D eigenvalue weighted by Gasteiger charge is 2.33. The molecule has 174 valence electrons. The number of hydrogen-bond acceptors (Lipinski definition) is 6. The molecule has 0 saturated carbocycles. The lowest BCUT2D eigenvalue weighted by atomic mass is 10.2. The van der Waals surface area contributed by atoms with Crippen molar-refractivity contribution in [1.29, 1.82) is 0 Å². The van der Waals surface area contributed by atoms with Crippen molar-refractivity contribution in [3.63, 3.8) is 0 Å². The van der Waals surface area contributed by atoms with Gasteiger partial charge in [0, 0.05) is 32.0 Å². The summed E-state index contributed by atoms with van der Waals surface area (Å²) in [5.74, 6) is -0.275. The van der Waals surface area contributed by atoms with Crippen LogP contribution in [-0.2, 0) is 25.7 Å². The average Bonchev–Trinajstić information content (AvgIpc) is 2.75. The number of sulfonamides is 1. The van der Waals surface area contributed by atoms with Gasteiger partial charge in [0.05, 0.1) is 30.3 Å². The Morgan fingerprint density at radius 3 is 2.53 bits per heavy atom. The molecule has 1 aliphatic heterocycles. The summed E-state index contributed by atoms with van der Waals surface area (Å²) < 4.78 is 70.6. The highest BCUT2D eigenvalue weighted by molar-refractivity contribution is 7.89. The van der Waals surface area contributed by atoms with E-state index in [4.69, 9.17) is 16.3 Å². The van der Waals surface area contributed by atoms with Crippen LogP contribution >= 0.6 is 11.6 Å². The standard InChI is InChI=1S/C19H20ClF3N4O4S/c1-26(12-18(28)25-13-2-4-16(20)15(10-13)19(21,22)23)17-5-3-14(11-24-17)32(29,30)27-6-8-31-9-7-27/h2-5,10-11H,6-9,12H2,1H3,(H,25,28). The van der Waals surface area contributed by atoms with Gasteiger partial charge in [0.1, 0.15) is 10.7 Å². The molecule has 1 aromatic carbocycles. The van der Waals surface area contributed by atoms with Gasteiger partial charge >= 0.3 is 6.18 Å². The number of ether oxygens (including phenoxy) is 1. The summed E-state index contributed by atoms with van der Waals surface area (Å²) in [4.78, 5) is 17.8. The first kappa shape index (κ1) is 24.2. The number of pyridine rings is 1. The van der Waals surface area contributed by atoms with E-state index in [0.717, 1.165) is 12.1 Å². The van der Waals surface area contributed by atoms with E-state index in [2.05, 4.69) is 10.3 Å². The quantitative estimate of drug-likeness (QED) is 0.666. The first-order valence-corrected chi connectivity index (χ1v) is 11.2. The Labute approximate surface area is 188 Å². The minimum atomic E-state index is -4.65. The van der Waals surface area contributed by atoms with E-state index >= 15 is 0 Å². The first-order valence-electron chi connectivity index (χ1n) is 9.40. The van der Waals surface area contributed by atoms with Crippen LogP contribution in [0.3, 0.4) is 0 Å². The van der Waals surface area contributed by atoms with Crippen molar-refractivity contribution in [2.75, 3.05) is 50.1 Å². The van der Waals surface area contributed by atoms with Crippen LogP contribution in [0.15, 0.2) is 41.4 Å². The fourth-order valence-corrected chi connectivity index (χ4v) is 4.58. The molecule has 13 heteroatoms. The second-order valence-electron chi connectivity index (χ2n) is 6.97. The minimum Gasteiger partial charge on any atom is -0.379 e. The molecule has 0 radical (unpaired) electrons. The minimum absolute atomic E-state index is 0.0156. The molecule has 0 aliphatic carbocycles. The number of morpholine rings is 1. The highest BCUT2D eigenvalue weighted by Crippen LogP contribution is 2.36. The lowest BCUT2D eigenvalue weighted by Gasteiger charge is -2.26. The van der Waals surface area contributed by atoms with Crippen molar-refractivity contribution in [2.24, 2.45) is 0 Å². The molecule has 1 saturated heterocycles. The van der Waals surface area contributed by atoms with Crippen LogP contribution in [0.25, 0.3) is 0 Å². The molecule has 1 aromatic heterocycles. The molecule has 3 rings (SSSR count). The molecule has 8 nitrogen and oxygen atoms in total. The second kappa shape index (κ2) is 9.61. The van der Waals surface area contributed by atoms with Gasteiger partial charge < -0.3 is 15.0 Å². The highest BCUT2D eigenvalue weighted by atomic mass is 35.5. The number of hydrogen-bond donors (Lipinski definition) is 1. The van der Waals surface area contributed by atoms with Crippen LogP contribution in [0.2, 0.25) is 5.02 Å². The van der Waals surface area contributed by atoms with Gasteiger partial charge in [-0.3, -0.25) is 4.79 Å². The summed E-state index contributed by atoms with van der Waals surface area (Å²) in [7, 11) is -2.15. The zero-order chi connectivity index (χ0) is 23.5. The van der Waals surface area contributed by atoms with Gasteiger partial charge in [-0.1, -0.05) is 11.6 Å². The Hall–Kier alpha value is -2.41. The third-order valence-electron chi connectivity index (χ3n) is 4.66. The number of rotatable bonds is 6. The van der Waals surface area contributed by atoms with Crippen molar-refractivity contribution in [1.82, 2.24) is 9.29 Å². The monoisotopic (exact) mass is 492 g/mol. The molecular weight excluding hydrogens is 473 g/mol. The maximum absolute atomic E-state index is 13.0. The molecule has 1 N–H and O–H groups in total. The van der Waals surface area contributed by atoms with E-state index in [1.54, 1.807) is 7.05 Å². The summed E-state index contributed by atoms with van der Waals surface area (Å²) in [5.41, 5.74) is -1.11. The number of amides is 1. The number of anilines is 2. The fraction of sp³-hybridized carbons (Fsp3) is 0.368. The molecular formula is C19H20ClF3N4O4S. The zero-order valence-corrected chi connectivity index (χ0v) is 18.5. The number of nitrogens with zero attached hydrogens (tertiary/aromatic N) is 3. The maximum Gasteiger partial charge on any atom is 0.417 e. The van der Waals surface area contributed by atoms with Crippen LogP contribution in [0.4, 0.5) is 24.7 Å². The van der Waals surface area contributed by atoms with Gasteiger partial charge in [-0.2, -0.15) is 17.5 Å². The number of carbonyl (C=O) groups excluding carboxylic acids is 1.